The number of rotatable bonds is 9. The highest BCUT2D eigenvalue weighted by atomic mass is 16.5. The fraction of sp³-hybridized carbons (Fsp3) is 1.00. The summed E-state index contributed by atoms with van der Waals surface area (Å²) in [4.78, 5) is 0. The first kappa shape index (κ1) is 17.0. The Morgan fingerprint density at radius 3 is 2.00 bits per heavy atom. The summed E-state index contributed by atoms with van der Waals surface area (Å²) in [5.41, 5.74) is 0.0434. The summed E-state index contributed by atoms with van der Waals surface area (Å²) in [6, 6.07) is 0. The highest BCUT2D eigenvalue weighted by Crippen LogP contribution is 2.30. The smallest absolute Gasteiger partial charge is 0.0629 e. The minimum atomic E-state index is 0.0434. The third-order valence-electron chi connectivity index (χ3n) is 3.55. The molecule has 0 radical (unpaired) electrons. The van der Waals surface area contributed by atoms with Gasteiger partial charge in [-0.3, -0.25) is 0 Å². The molecule has 0 N–H and O–H groups in total. The van der Waals surface area contributed by atoms with Gasteiger partial charge in [0, 0.05) is 6.61 Å². The zero-order chi connectivity index (χ0) is 13.5. The van der Waals surface area contributed by atoms with Crippen LogP contribution in [0.1, 0.15) is 74.1 Å². The molecule has 0 aliphatic heterocycles. The highest BCUT2D eigenvalue weighted by Gasteiger charge is 2.25. The maximum absolute atomic E-state index is 5.86. The van der Waals surface area contributed by atoms with Gasteiger partial charge in [0.25, 0.3) is 0 Å². The molecule has 0 bridgehead atoms. The molecule has 1 heteroatoms. The van der Waals surface area contributed by atoms with Gasteiger partial charge in [0.05, 0.1) is 5.60 Å². The second-order valence-corrected chi connectivity index (χ2v) is 6.64. The first-order chi connectivity index (χ1) is 7.80. The fourth-order valence-electron chi connectivity index (χ4n) is 2.81. The summed E-state index contributed by atoms with van der Waals surface area (Å²) in [7, 11) is 0. The molecule has 0 aromatic heterocycles. The molecule has 0 rings (SSSR count). The summed E-state index contributed by atoms with van der Waals surface area (Å²) < 4.78 is 5.86. The van der Waals surface area contributed by atoms with Crippen LogP contribution in [0.2, 0.25) is 0 Å². The molecule has 104 valence electrons. The van der Waals surface area contributed by atoms with E-state index in [1.54, 1.807) is 0 Å². The average Bonchev–Trinajstić information content (AvgIpc) is 2.15. The molecule has 0 amide bonds. The molecule has 0 aliphatic carbocycles. The van der Waals surface area contributed by atoms with E-state index < -0.39 is 0 Å². The van der Waals surface area contributed by atoms with Crippen LogP contribution in [0.15, 0.2) is 0 Å². The maximum atomic E-state index is 5.86. The van der Waals surface area contributed by atoms with E-state index in [1.807, 2.05) is 0 Å². The molecule has 0 saturated carbocycles. The molecule has 1 nitrogen and oxygen atoms in total. The van der Waals surface area contributed by atoms with Gasteiger partial charge >= 0.3 is 0 Å². The second kappa shape index (κ2) is 8.13. The Bertz CT molecular complexity index is 184. The average molecular weight is 242 g/mol. The first-order valence-electron chi connectivity index (χ1n) is 7.44. The summed E-state index contributed by atoms with van der Waals surface area (Å²) in [5.74, 6) is 2.45. The number of hydrogen-bond donors (Lipinski definition) is 0. The molecular formula is C16H34O. The van der Waals surface area contributed by atoms with Crippen LogP contribution in [-0.2, 0) is 4.74 Å². The van der Waals surface area contributed by atoms with Crippen molar-refractivity contribution in [3.05, 3.63) is 0 Å². The van der Waals surface area contributed by atoms with Crippen molar-refractivity contribution in [3.63, 3.8) is 0 Å². The van der Waals surface area contributed by atoms with E-state index in [2.05, 4.69) is 48.5 Å². The van der Waals surface area contributed by atoms with Gasteiger partial charge in [0.1, 0.15) is 0 Å². The zero-order valence-electron chi connectivity index (χ0n) is 13.2. The van der Waals surface area contributed by atoms with Gasteiger partial charge in [0.15, 0.2) is 0 Å². The number of hydrogen-bond acceptors (Lipinski definition) is 1. The van der Waals surface area contributed by atoms with Crippen LogP contribution in [0.4, 0.5) is 0 Å². The Kier molecular flexibility index (Phi) is 8.11. The standard InChI is InChI=1S/C16H34O/c1-8-14(5)11-15(10-13(3)4)12-16(6,7)17-9-2/h13-15H,8-12H2,1-7H3. The third kappa shape index (κ3) is 8.65. The van der Waals surface area contributed by atoms with E-state index in [9.17, 15) is 0 Å². The SMILES string of the molecule is CCOC(C)(C)CC(CC(C)C)CC(C)CC. The lowest BCUT2D eigenvalue weighted by molar-refractivity contribution is -0.0312. The Morgan fingerprint density at radius 2 is 1.59 bits per heavy atom. The van der Waals surface area contributed by atoms with Gasteiger partial charge in [-0.1, -0.05) is 34.1 Å². The van der Waals surface area contributed by atoms with Crippen molar-refractivity contribution < 1.29 is 4.74 Å². The van der Waals surface area contributed by atoms with Gasteiger partial charge in [-0.15, -0.1) is 0 Å². The van der Waals surface area contributed by atoms with Crippen LogP contribution in [0.5, 0.6) is 0 Å². The largest absolute Gasteiger partial charge is 0.376 e. The maximum Gasteiger partial charge on any atom is 0.0629 e. The van der Waals surface area contributed by atoms with Crippen LogP contribution >= 0.6 is 0 Å². The zero-order valence-corrected chi connectivity index (χ0v) is 13.2. The van der Waals surface area contributed by atoms with E-state index >= 15 is 0 Å². The van der Waals surface area contributed by atoms with Crippen molar-refractivity contribution in [3.8, 4) is 0 Å². The molecule has 0 heterocycles. The Morgan fingerprint density at radius 1 is 1.00 bits per heavy atom. The molecule has 17 heavy (non-hydrogen) atoms. The molecular weight excluding hydrogens is 208 g/mol. The van der Waals surface area contributed by atoms with Crippen LogP contribution in [0.25, 0.3) is 0 Å². The molecule has 0 aliphatic rings. The summed E-state index contributed by atoms with van der Waals surface area (Å²) in [6.45, 7) is 16.7. The first-order valence-corrected chi connectivity index (χ1v) is 7.44. The van der Waals surface area contributed by atoms with E-state index in [-0.39, 0.29) is 5.60 Å². The summed E-state index contributed by atoms with van der Waals surface area (Å²) in [5, 5.41) is 0. The normalized spacial score (nSPS) is 16.2. The highest BCUT2D eigenvalue weighted by molar-refractivity contribution is 4.76. The molecule has 0 fully saturated rings. The van der Waals surface area contributed by atoms with Crippen LogP contribution in [0, 0.1) is 17.8 Å². The van der Waals surface area contributed by atoms with Crippen LogP contribution < -0.4 is 0 Å². The third-order valence-corrected chi connectivity index (χ3v) is 3.55. The van der Waals surface area contributed by atoms with Crippen molar-refractivity contribution in [2.45, 2.75) is 79.8 Å². The van der Waals surface area contributed by atoms with Gasteiger partial charge < -0.3 is 4.74 Å². The molecule has 2 unspecified atom stereocenters. The lowest BCUT2D eigenvalue weighted by atomic mass is 9.81. The summed E-state index contributed by atoms with van der Waals surface area (Å²) in [6.07, 6.45) is 5.18. The predicted octanol–water partition coefficient (Wildman–Crippen LogP) is 5.29. The van der Waals surface area contributed by atoms with Crippen molar-refractivity contribution >= 4 is 0 Å². The monoisotopic (exact) mass is 242 g/mol. The van der Waals surface area contributed by atoms with Crippen molar-refractivity contribution in [1.29, 1.82) is 0 Å². The van der Waals surface area contributed by atoms with E-state index in [0.717, 1.165) is 24.4 Å². The van der Waals surface area contributed by atoms with Crippen molar-refractivity contribution in [2.24, 2.45) is 17.8 Å². The molecule has 0 aromatic carbocycles. The summed E-state index contributed by atoms with van der Waals surface area (Å²) >= 11 is 0. The Balaban J connectivity index is 4.36. The topological polar surface area (TPSA) is 9.23 Å². The van der Waals surface area contributed by atoms with Gasteiger partial charge in [0.2, 0.25) is 0 Å². The quantitative estimate of drug-likeness (QED) is 0.534. The Labute approximate surface area is 109 Å². The van der Waals surface area contributed by atoms with Gasteiger partial charge in [-0.2, -0.15) is 0 Å². The number of ether oxygens (including phenoxy) is 1. The lowest BCUT2D eigenvalue weighted by Crippen LogP contribution is -2.29. The molecule has 0 spiro atoms. The lowest BCUT2D eigenvalue weighted by Gasteiger charge is -2.32. The van der Waals surface area contributed by atoms with Crippen LogP contribution in [0.3, 0.4) is 0 Å². The van der Waals surface area contributed by atoms with E-state index in [1.165, 1.54) is 25.7 Å². The molecule has 0 aromatic rings. The van der Waals surface area contributed by atoms with Gasteiger partial charge in [-0.05, 0) is 57.8 Å². The fourth-order valence-corrected chi connectivity index (χ4v) is 2.81. The van der Waals surface area contributed by atoms with Crippen molar-refractivity contribution in [1.82, 2.24) is 0 Å². The second-order valence-electron chi connectivity index (χ2n) is 6.64. The predicted molar refractivity (Wildman–Crippen MR) is 77.3 cm³/mol. The van der Waals surface area contributed by atoms with Gasteiger partial charge in [-0.25, -0.2) is 0 Å². The minimum Gasteiger partial charge on any atom is -0.376 e. The van der Waals surface area contributed by atoms with E-state index in [0.29, 0.717) is 0 Å². The van der Waals surface area contributed by atoms with E-state index in [4.69, 9.17) is 4.74 Å². The molecule has 2 atom stereocenters. The molecule has 0 saturated heterocycles. The minimum absolute atomic E-state index is 0.0434. The Hall–Kier alpha value is -0.0400. The van der Waals surface area contributed by atoms with Crippen LogP contribution in [-0.4, -0.2) is 12.2 Å². The van der Waals surface area contributed by atoms with Crippen molar-refractivity contribution in [2.75, 3.05) is 6.61 Å².